The molecule has 0 unspecified atom stereocenters. The molecule has 23 heavy (non-hydrogen) atoms. The van der Waals surface area contributed by atoms with E-state index in [-0.39, 0.29) is 11.8 Å². The van der Waals surface area contributed by atoms with Crippen molar-refractivity contribution in [1.82, 2.24) is 4.57 Å². The summed E-state index contributed by atoms with van der Waals surface area (Å²) in [6.07, 6.45) is 2.20. The summed E-state index contributed by atoms with van der Waals surface area (Å²) in [6, 6.07) is 15.4. The van der Waals surface area contributed by atoms with Gasteiger partial charge in [-0.2, -0.15) is 0 Å². The normalized spacial score (nSPS) is 16.3. The number of hydrogen-bond acceptors (Lipinski definition) is 1. The van der Waals surface area contributed by atoms with E-state index in [9.17, 15) is 9.90 Å². The SMILES string of the molecule is CC(C)n1c2ccccc2c2cc(C3(CC(=O)O)CC3)ccc21. The fourth-order valence-electron chi connectivity index (χ4n) is 3.90. The molecule has 3 heteroatoms. The predicted octanol–water partition coefficient (Wildman–Crippen LogP) is 4.88. The van der Waals surface area contributed by atoms with Crippen LogP contribution in [-0.2, 0) is 10.2 Å². The van der Waals surface area contributed by atoms with Crippen molar-refractivity contribution in [2.24, 2.45) is 0 Å². The van der Waals surface area contributed by atoms with Crippen LogP contribution in [0.15, 0.2) is 42.5 Å². The van der Waals surface area contributed by atoms with E-state index in [0.717, 1.165) is 12.8 Å². The Labute approximate surface area is 135 Å². The van der Waals surface area contributed by atoms with Gasteiger partial charge in [-0.15, -0.1) is 0 Å². The average molecular weight is 307 g/mol. The minimum absolute atomic E-state index is 0.138. The van der Waals surface area contributed by atoms with E-state index in [2.05, 4.69) is 60.9 Å². The number of hydrogen-bond donors (Lipinski definition) is 1. The molecule has 1 aliphatic carbocycles. The lowest BCUT2D eigenvalue weighted by atomic mass is 9.91. The number of carboxylic acid groups (broad SMARTS) is 1. The molecular formula is C20H21NO2. The molecule has 0 radical (unpaired) electrons. The summed E-state index contributed by atoms with van der Waals surface area (Å²) in [4.78, 5) is 11.2. The molecule has 1 saturated carbocycles. The molecule has 0 bridgehead atoms. The van der Waals surface area contributed by atoms with Crippen LogP contribution in [0.5, 0.6) is 0 Å². The fourth-order valence-corrected chi connectivity index (χ4v) is 3.90. The van der Waals surface area contributed by atoms with E-state index in [4.69, 9.17) is 0 Å². The smallest absolute Gasteiger partial charge is 0.304 e. The number of nitrogens with zero attached hydrogens (tertiary/aromatic N) is 1. The molecule has 1 aromatic heterocycles. The first kappa shape index (κ1) is 14.3. The van der Waals surface area contributed by atoms with Gasteiger partial charge in [-0.25, -0.2) is 0 Å². The number of carboxylic acids is 1. The quantitative estimate of drug-likeness (QED) is 0.746. The Morgan fingerprint density at radius 2 is 1.83 bits per heavy atom. The van der Waals surface area contributed by atoms with Crippen LogP contribution in [0.1, 0.15) is 44.7 Å². The van der Waals surface area contributed by atoms with Crippen LogP contribution in [0.3, 0.4) is 0 Å². The van der Waals surface area contributed by atoms with E-state index in [1.807, 2.05) is 0 Å². The number of para-hydroxylation sites is 1. The predicted molar refractivity (Wildman–Crippen MR) is 93.0 cm³/mol. The molecule has 0 aliphatic heterocycles. The van der Waals surface area contributed by atoms with E-state index >= 15 is 0 Å². The Bertz CT molecular complexity index is 916. The third-order valence-electron chi connectivity index (χ3n) is 5.18. The van der Waals surface area contributed by atoms with Crippen LogP contribution in [0.4, 0.5) is 0 Å². The fraction of sp³-hybridized carbons (Fsp3) is 0.350. The van der Waals surface area contributed by atoms with Crippen molar-refractivity contribution in [3.05, 3.63) is 48.0 Å². The van der Waals surface area contributed by atoms with Gasteiger partial charge in [0.25, 0.3) is 0 Å². The molecule has 3 nitrogen and oxygen atoms in total. The summed E-state index contributed by atoms with van der Waals surface area (Å²) in [7, 11) is 0. The van der Waals surface area contributed by atoms with E-state index < -0.39 is 5.97 Å². The lowest BCUT2D eigenvalue weighted by molar-refractivity contribution is -0.137. The van der Waals surface area contributed by atoms with Gasteiger partial charge in [-0.3, -0.25) is 4.79 Å². The summed E-state index contributed by atoms with van der Waals surface area (Å²) in [5.41, 5.74) is 3.52. The van der Waals surface area contributed by atoms with E-state index in [1.54, 1.807) is 0 Å². The summed E-state index contributed by atoms with van der Waals surface area (Å²) in [6.45, 7) is 4.40. The molecule has 1 heterocycles. The van der Waals surface area contributed by atoms with Crippen molar-refractivity contribution in [2.45, 2.75) is 44.6 Å². The minimum Gasteiger partial charge on any atom is -0.481 e. The standard InChI is InChI=1S/C20H21NO2/c1-13(2)21-17-6-4-3-5-15(17)16-11-14(7-8-18(16)21)20(9-10-20)12-19(22)23/h3-8,11,13H,9-10,12H2,1-2H3,(H,22,23). The second kappa shape index (κ2) is 4.85. The Hall–Kier alpha value is -2.29. The van der Waals surface area contributed by atoms with Gasteiger partial charge in [-0.05, 0) is 50.5 Å². The average Bonchev–Trinajstić information content (AvgIpc) is 3.20. The number of aromatic nitrogens is 1. The van der Waals surface area contributed by atoms with Gasteiger partial charge in [0.05, 0.1) is 6.42 Å². The molecule has 2 aromatic carbocycles. The van der Waals surface area contributed by atoms with Crippen molar-refractivity contribution >= 4 is 27.8 Å². The molecule has 1 N–H and O–H groups in total. The first-order valence-electron chi connectivity index (χ1n) is 8.27. The van der Waals surface area contributed by atoms with Crippen LogP contribution < -0.4 is 0 Å². The third-order valence-corrected chi connectivity index (χ3v) is 5.18. The molecule has 1 aliphatic rings. The highest BCUT2D eigenvalue weighted by Gasteiger charge is 2.46. The first-order valence-corrected chi connectivity index (χ1v) is 8.27. The molecule has 0 atom stereocenters. The Balaban J connectivity index is 1.96. The van der Waals surface area contributed by atoms with Gasteiger partial charge in [0.2, 0.25) is 0 Å². The first-order chi connectivity index (χ1) is 11.0. The molecule has 0 spiro atoms. The zero-order chi connectivity index (χ0) is 16.2. The minimum atomic E-state index is -0.702. The molecule has 4 rings (SSSR count). The molecule has 0 amide bonds. The lowest BCUT2D eigenvalue weighted by Gasteiger charge is -2.15. The van der Waals surface area contributed by atoms with Crippen LogP contribution in [0.25, 0.3) is 21.8 Å². The molecule has 3 aromatic rings. The number of rotatable bonds is 4. The Morgan fingerprint density at radius 1 is 1.13 bits per heavy atom. The van der Waals surface area contributed by atoms with Gasteiger partial charge in [0.1, 0.15) is 0 Å². The van der Waals surface area contributed by atoms with E-state index in [1.165, 1.54) is 27.4 Å². The highest BCUT2D eigenvalue weighted by atomic mass is 16.4. The number of benzene rings is 2. The molecule has 0 saturated heterocycles. The topological polar surface area (TPSA) is 42.2 Å². The van der Waals surface area contributed by atoms with Gasteiger partial charge in [-0.1, -0.05) is 24.3 Å². The molecule has 118 valence electrons. The second-order valence-corrected chi connectivity index (χ2v) is 7.06. The summed E-state index contributed by atoms with van der Waals surface area (Å²) in [5, 5.41) is 11.7. The van der Waals surface area contributed by atoms with Crippen molar-refractivity contribution in [1.29, 1.82) is 0 Å². The zero-order valence-corrected chi connectivity index (χ0v) is 13.5. The highest BCUT2D eigenvalue weighted by Crippen LogP contribution is 2.52. The number of aliphatic carboxylic acids is 1. The maximum atomic E-state index is 11.2. The van der Waals surface area contributed by atoms with Gasteiger partial charge in [0, 0.05) is 33.3 Å². The number of fused-ring (bicyclic) bond motifs is 3. The number of carbonyl (C=O) groups is 1. The Kier molecular flexibility index (Phi) is 3.02. The second-order valence-electron chi connectivity index (χ2n) is 7.06. The van der Waals surface area contributed by atoms with E-state index in [0.29, 0.717) is 6.04 Å². The van der Waals surface area contributed by atoms with Crippen LogP contribution in [0.2, 0.25) is 0 Å². The van der Waals surface area contributed by atoms with Gasteiger partial charge in [0.15, 0.2) is 0 Å². The maximum absolute atomic E-state index is 11.2. The monoisotopic (exact) mass is 307 g/mol. The maximum Gasteiger partial charge on any atom is 0.304 e. The Morgan fingerprint density at radius 3 is 2.48 bits per heavy atom. The highest BCUT2D eigenvalue weighted by molar-refractivity contribution is 6.08. The summed E-state index contributed by atoms with van der Waals surface area (Å²) in [5.74, 6) is -0.702. The van der Waals surface area contributed by atoms with Gasteiger partial charge < -0.3 is 9.67 Å². The molecule has 1 fully saturated rings. The lowest BCUT2D eigenvalue weighted by Crippen LogP contribution is -2.12. The van der Waals surface area contributed by atoms with Crippen molar-refractivity contribution in [3.8, 4) is 0 Å². The van der Waals surface area contributed by atoms with Crippen LogP contribution in [-0.4, -0.2) is 15.6 Å². The summed E-state index contributed by atoms with van der Waals surface area (Å²) < 4.78 is 2.37. The van der Waals surface area contributed by atoms with Gasteiger partial charge >= 0.3 is 5.97 Å². The summed E-state index contributed by atoms with van der Waals surface area (Å²) >= 11 is 0. The van der Waals surface area contributed by atoms with Crippen LogP contribution in [0, 0.1) is 0 Å². The largest absolute Gasteiger partial charge is 0.481 e. The molecular weight excluding hydrogens is 286 g/mol. The van der Waals surface area contributed by atoms with Crippen molar-refractivity contribution in [2.75, 3.05) is 0 Å². The third kappa shape index (κ3) is 2.14. The zero-order valence-electron chi connectivity index (χ0n) is 13.5. The van der Waals surface area contributed by atoms with Crippen molar-refractivity contribution < 1.29 is 9.90 Å². The van der Waals surface area contributed by atoms with Crippen molar-refractivity contribution in [3.63, 3.8) is 0 Å². The van der Waals surface area contributed by atoms with Crippen LogP contribution >= 0.6 is 0 Å².